The highest BCUT2D eigenvalue weighted by Gasteiger charge is 2.31. The summed E-state index contributed by atoms with van der Waals surface area (Å²) in [5.41, 5.74) is 0.533. The summed E-state index contributed by atoms with van der Waals surface area (Å²) in [6.07, 6.45) is 3.47. The molecular weight excluding hydrogens is 362 g/mol. The maximum atomic E-state index is 13.3. The van der Waals surface area contributed by atoms with Gasteiger partial charge in [-0.05, 0) is 31.1 Å². The van der Waals surface area contributed by atoms with Gasteiger partial charge in [0.15, 0.2) is 0 Å². The lowest BCUT2D eigenvalue weighted by molar-refractivity contribution is -0.134. The number of rotatable bonds is 5. The molecule has 0 spiro atoms. The fourth-order valence-electron chi connectivity index (χ4n) is 3.98. The first-order valence-electron chi connectivity index (χ1n) is 9.57. The standard InChI is InChI=1S/C20H25N3O3S/c1-22-20(25)17-7-3-2-6-16(17)18(21-22)11-19(24)23(14-8-10-27-13-14)12-15-5-4-9-26-15/h2-3,6-7,14-15H,4-5,8-13H2,1H3. The predicted octanol–water partition coefficient (Wildman–Crippen LogP) is 1.99. The largest absolute Gasteiger partial charge is 0.376 e. The highest BCUT2D eigenvalue weighted by Crippen LogP contribution is 2.25. The Bertz CT molecular complexity index is 886. The lowest BCUT2D eigenvalue weighted by Gasteiger charge is -2.31. The van der Waals surface area contributed by atoms with E-state index in [4.69, 9.17) is 4.74 Å². The van der Waals surface area contributed by atoms with E-state index < -0.39 is 0 Å². The van der Waals surface area contributed by atoms with E-state index in [0.29, 0.717) is 17.6 Å². The topological polar surface area (TPSA) is 64.4 Å². The van der Waals surface area contributed by atoms with Gasteiger partial charge in [-0.1, -0.05) is 18.2 Å². The fraction of sp³-hybridized carbons (Fsp3) is 0.550. The lowest BCUT2D eigenvalue weighted by Crippen LogP contribution is -2.45. The van der Waals surface area contributed by atoms with Crippen LogP contribution in [0.4, 0.5) is 0 Å². The first-order chi connectivity index (χ1) is 13.1. The molecule has 2 aliphatic rings. The molecule has 27 heavy (non-hydrogen) atoms. The maximum Gasteiger partial charge on any atom is 0.274 e. The molecule has 2 atom stereocenters. The van der Waals surface area contributed by atoms with Gasteiger partial charge in [-0.15, -0.1) is 0 Å². The van der Waals surface area contributed by atoms with Gasteiger partial charge in [0.2, 0.25) is 5.91 Å². The first-order valence-corrected chi connectivity index (χ1v) is 10.7. The van der Waals surface area contributed by atoms with Crippen LogP contribution in [-0.2, 0) is 23.0 Å². The van der Waals surface area contributed by atoms with Crippen molar-refractivity contribution in [3.8, 4) is 0 Å². The van der Waals surface area contributed by atoms with E-state index in [2.05, 4.69) is 5.10 Å². The van der Waals surface area contributed by atoms with Gasteiger partial charge >= 0.3 is 0 Å². The number of fused-ring (bicyclic) bond motifs is 1. The van der Waals surface area contributed by atoms with Crippen molar-refractivity contribution in [3.05, 3.63) is 40.3 Å². The molecule has 1 aromatic carbocycles. The Hall–Kier alpha value is -1.86. The zero-order chi connectivity index (χ0) is 18.8. The summed E-state index contributed by atoms with van der Waals surface area (Å²) in [4.78, 5) is 27.6. The van der Waals surface area contributed by atoms with Gasteiger partial charge in [0.05, 0.1) is 23.6 Å². The Balaban J connectivity index is 1.61. The van der Waals surface area contributed by atoms with Gasteiger partial charge in [0.1, 0.15) is 0 Å². The van der Waals surface area contributed by atoms with Crippen molar-refractivity contribution >= 4 is 28.4 Å². The van der Waals surface area contributed by atoms with E-state index in [1.54, 1.807) is 13.1 Å². The van der Waals surface area contributed by atoms with Crippen molar-refractivity contribution < 1.29 is 9.53 Å². The molecule has 0 aliphatic carbocycles. The maximum absolute atomic E-state index is 13.3. The van der Waals surface area contributed by atoms with Crippen LogP contribution in [0.1, 0.15) is 25.0 Å². The van der Waals surface area contributed by atoms with E-state index in [1.807, 2.05) is 34.9 Å². The Morgan fingerprint density at radius 3 is 2.85 bits per heavy atom. The van der Waals surface area contributed by atoms with E-state index in [9.17, 15) is 9.59 Å². The summed E-state index contributed by atoms with van der Waals surface area (Å²) in [6.45, 7) is 1.45. The van der Waals surface area contributed by atoms with E-state index in [-0.39, 0.29) is 30.0 Å². The van der Waals surface area contributed by atoms with Crippen LogP contribution in [0.15, 0.2) is 29.1 Å². The summed E-state index contributed by atoms with van der Waals surface area (Å²) in [6, 6.07) is 7.67. The minimum absolute atomic E-state index is 0.0781. The van der Waals surface area contributed by atoms with Gasteiger partial charge in [-0.3, -0.25) is 9.59 Å². The predicted molar refractivity (Wildman–Crippen MR) is 107 cm³/mol. The highest BCUT2D eigenvalue weighted by molar-refractivity contribution is 7.99. The van der Waals surface area contributed by atoms with Crippen LogP contribution in [0.5, 0.6) is 0 Å². The molecule has 2 fully saturated rings. The Kier molecular flexibility index (Phi) is 5.50. The quantitative estimate of drug-likeness (QED) is 0.785. The number of benzene rings is 1. The number of aromatic nitrogens is 2. The average molecular weight is 388 g/mol. The molecular formula is C20H25N3O3S. The van der Waals surface area contributed by atoms with Crippen LogP contribution in [0.2, 0.25) is 0 Å². The molecule has 0 saturated carbocycles. The average Bonchev–Trinajstić information content (AvgIpc) is 3.37. The van der Waals surface area contributed by atoms with Crippen LogP contribution in [-0.4, -0.2) is 57.4 Å². The third kappa shape index (κ3) is 3.89. The number of nitrogens with zero attached hydrogens (tertiary/aromatic N) is 3. The molecule has 1 amide bonds. The SMILES string of the molecule is Cn1nc(CC(=O)N(CC2CCCO2)C2CCSC2)c2ccccc2c1=O. The monoisotopic (exact) mass is 387 g/mol. The summed E-state index contributed by atoms with van der Waals surface area (Å²) >= 11 is 1.90. The molecule has 0 bridgehead atoms. The van der Waals surface area contributed by atoms with Crippen LogP contribution < -0.4 is 5.56 Å². The molecule has 1 aromatic heterocycles. The Labute approximate surface area is 162 Å². The molecule has 0 N–H and O–H groups in total. The summed E-state index contributed by atoms with van der Waals surface area (Å²) < 4.78 is 7.12. The molecule has 2 unspecified atom stereocenters. The molecule has 3 heterocycles. The van der Waals surface area contributed by atoms with E-state index in [1.165, 1.54) is 4.68 Å². The zero-order valence-electron chi connectivity index (χ0n) is 15.6. The number of carbonyl (C=O) groups is 1. The molecule has 0 radical (unpaired) electrons. The number of thioether (sulfide) groups is 1. The summed E-state index contributed by atoms with van der Waals surface area (Å²) in [7, 11) is 1.64. The second-order valence-electron chi connectivity index (χ2n) is 7.30. The number of hydrogen-bond donors (Lipinski definition) is 0. The molecule has 2 saturated heterocycles. The number of hydrogen-bond acceptors (Lipinski definition) is 5. The molecule has 2 aromatic rings. The number of amides is 1. The number of aryl methyl sites for hydroxylation is 1. The molecule has 2 aliphatic heterocycles. The van der Waals surface area contributed by atoms with Gasteiger partial charge in [-0.2, -0.15) is 16.9 Å². The highest BCUT2D eigenvalue weighted by atomic mass is 32.2. The lowest BCUT2D eigenvalue weighted by atomic mass is 10.1. The Morgan fingerprint density at radius 1 is 1.33 bits per heavy atom. The third-order valence-electron chi connectivity index (χ3n) is 5.44. The zero-order valence-corrected chi connectivity index (χ0v) is 16.4. The van der Waals surface area contributed by atoms with E-state index in [0.717, 1.165) is 42.8 Å². The summed E-state index contributed by atoms with van der Waals surface area (Å²) in [5, 5.41) is 5.78. The second kappa shape index (κ2) is 8.02. The van der Waals surface area contributed by atoms with Crippen molar-refractivity contribution in [3.63, 3.8) is 0 Å². The van der Waals surface area contributed by atoms with Crippen LogP contribution in [0.3, 0.4) is 0 Å². The van der Waals surface area contributed by atoms with Crippen LogP contribution in [0, 0.1) is 0 Å². The van der Waals surface area contributed by atoms with Gasteiger partial charge < -0.3 is 9.64 Å². The molecule has 144 valence electrons. The normalized spacial score (nSPS) is 22.4. The van der Waals surface area contributed by atoms with Crippen molar-refractivity contribution in [2.24, 2.45) is 7.05 Å². The van der Waals surface area contributed by atoms with Gasteiger partial charge in [0, 0.05) is 37.4 Å². The second-order valence-corrected chi connectivity index (χ2v) is 8.45. The van der Waals surface area contributed by atoms with Crippen LogP contribution >= 0.6 is 11.8 Å². The number of ether oxygens (including phenoxy) is 1. The first kappa shape index (κ1) is 18.5. The van der Waals surface area contributed by atoms with Crippen molar-refractivity contribution in [1.29, 1.82) is 0 Å². The number of carbonyl (C=O) groups excluding carboxylic acids is 1. The van der Waals surface area contributed by atoms with Gasteiger partial charge in [0.25, 0.3) is 5.56 Å². The summed E-state index contributed by atoms with van der Waals surface area (Å²) in [5.74, 6) is 2.16. The van der Waals surface area contributed by atoms with Crippen LogP contribution in [0.25, 0.3) is 10.8 Å². The van der Waals surface area contributed by atoms with Crippen molar-refractivity contribution in [2.75, 3.05) is 24.7 Å². The van der Waals surface area contributed by atoms with Crippen molar-refractivity contribution in [2.45, 2.75) is 37.8 Å². The van der Waals surface area contributed by atoms with E-state index >= 15 is 0 Å². The molecule has 4 rings (SSSR count). The third-order valence-corrected chi connectivity index (χ3v) is 6.59. The molecule has 7 heteroatoms. The molecule has 6 nitrogen and oxygen atoms in total. The van der Waals surface area contributed by atoms with Gasteiger partial charge in [-0.25, -0.2) is 4.68 Å². The smallest absolute Gasteiger partial charge is 0.274 e. The minimum Gasteiger partial charge on any atom is -0.376 e. The fourth-order valence-corrected chi connectivity index (χ4v) is 5.21. The minimum atomic E-state index is -0.134. The Morgan fingerprint density at radius 2 is 2.15 bits per heavy atom. The van der Waals surface area contributed by atoms with Crippen molar-refractivity contribution in [1.82, 2.24) is 14.7 Å².